The summed E-state index contributed by atoms with van der Waals surface area (Å²) < 4.78 is 6.80. The van der Waals surface area contributed by atoms with E-state index in [-0.39, 0.29) is 17.7 Å². The van der Waals surface area contributed by atoms with E-state index in [2.05, 4.69) is 10.4 Å². The molecule has 2 fully saturated rings. The third-order valence-corrected chi connectivity index (χ3v) is 4.37. The molecule has 0 spiro atoms. The molecule has 2 heterocycles. The molecule has 22 heavy (non-hydrogen) atoms. The first-order chi connectivity index (χ1) is 10.6. The number of nitrogens with zero attached hydrogens (tertiary/aromatic N) is 3. The zero-order chi connectivity index (χ0) is 15.5. The number of hydrogen-bond donors (Lipinski definition) is 1. The number of hydrogen-bond acceptors (Lipinski definition) is 4. The van der Waals surface area contributed by atoms with Crippen LogP contribution < -0.4 is 5.32 Å². The van der Waals surface area contributed by atoms with Crippen molar-refractivity contribution in [1.82, 2.24) is 14.7 Å². The standard InChI is InChI=1S/C15H22N4O3/c1-18-13(16-14(20)11-4-2-3-5-11)10-12(17-18)15(21)19-6-8-22-9-7-19/h10-11H,2-9H2,1H3,(H,16,20). The number of morpholine rings is 1. The lowest BCUT2D eigenvalue weighted by atomic mass is 10.1. The van der Waals surface area contributed by atoms with E-state index < -0.39 is 0 Å². The molecule has 120 valence electrons. The fraction of sp³-hybridized carbons (Fsp3) is 0.667. The average Bonchev–Trinajstić information content (AvgIpc) is 3.18. The number of amides is 2. The molecular weight excluding hydrogens is 284 g/mol. The van der Waals surface area contributed by atoms with Crippen LogP contribution in [0.15, 0.2) is 6.07 Å². The van der Waals surface area contributed by atoms with E-state index in [0.29, 0.717) is 37.8 Å². The van der Waals surface area contributed by atoms with Gasteiger partial charge in [0.05, 0.1) is 13.2 Å². The third-order valence-electron chi connectivity index (χ3n) is 4.37. The summed E-state index contributed by atoms with van der Waals surface area (Å²) >= 11 is 0. The fourth-order valence-corrected chi connectivity index (χ4v) is 3.03. The van der Waals surface area contributed by atoms with Gasteiger partial charge in [-0.1, -0.05) is 12.8 Å². The van der Waals surface area contributed by atoms with Crippen LogP contribution in [0.2, 0.25) is 0 Å². The molecule has 0 unspecified atom stereocenters. The molecule has 2 aliphatic rings. The first-order valence-electron chi connectivity index (χ1n) is 7.87. The predicted molar refractivity (Wildman–Crippen MR) is 80.5 cm³/mol. The second-order valence-electron chi connectivity index (χ2n) is 5.91. The van der Waals surface area contributed by atoms with Crippen molar-refractivity contribution in [1.29, 1.82) is 0 Å². The summed E-state index contributed by atoms with van der Waals surface area (Å²) in [6.45, 7) is 2.28. The lowest BCUT2D eigenvalue weighted by Gasteiger charge is -2.25. The van der Waals surface area contributed by atoms with E-state index in [4.69, 9.17) is 4.74 Å². The van der Waals surface area contributed by atoms with E-state index in [1.165, 1.54) is 0 Å². The maximum absolute atomic E-state index is 12.4. The average molecular weight is 306 g/mol. The van der Waals surface area contributed by atoms with Crippen LogP contribution in [0.5, 0.6) is 0 Å². The topological polar surface area (TPSA) is 76.5 Å². The van der Waals surface area contributed by atoms with Gasteiger partial charge in [-0.15, -0.1) is 0 Å². The summed E-state index contributed by atoms with van der Waals surface area (Å²) in [5.41, 5.74) is 0.367. The normalized spacial score (nSPS) is 19.4. The number of nitrogens with one attached hydrogen (secondary N) is 1. The molecule has 7 heteroatoms. The van der Waals surface area contributed by atoms with Crippen LogP contribution in [0.3, 0.4) is 0 Å². The number of rotatable bonds is 3. The molecule has 1 saturated heterocycles. The maximum atomic E-state index is 12.4. The Hall–Kier alpha value is -1.89. The highest BCUT2D eigenvalue weighted by atomic mass is 16.5. The van der Waals surface area contributed by atoms with Crippen molar-refractivity contribution in [3.8, 4) is 0 Å². The Morgan fingerprint density at radius 2 is 1.95 bits per heavy atom. The Morgan fingerprint density at radius 1 is 1.27 bits per heavy atom. The Balaban J connectivity index is 1.67. The quantitative estimate of drug-likeness (QED) is 0.904. The second-order valence-corrected chi connectivity index (χ2v) is 5.91. The van der Waals surface area contributed by atoms with E-state index in [0.717, 1.165) is 25.7 Å². The zero-order valence-electron chi connectivity index (χ0n) is 12.9. The Kier molecular flexibility index (Phi) is 4.42. The van der Waals surface area contributed by atoms with E-state index >= 15 is 0 Å². The Labute approximate surface area is 129 Å². The molecule has 3 rings (SSSR count). The van der Waals surface area contributed by atoms with Gasteiger partial charge in [-0.2, -0.15) is 5.10 Å². The second kappa shape index (κ2) is 6.48. The number of carbonyl (C=O) groups is 2. The minimum atomic E-state index is -0.111. The van der Waals surface area contributed by atoms with E-state index in [1.807, 2.05) is 0 Å². The molecule has 0 atom stereocenters. The van der Waals surface area contributed by atoms with Gasteiger partial charge < -0.3 is 15.0 Å². The van der Waals surface area contributed by atoms with Gasteiger partial charge >= 0.3 is 0 Å². The van der Waals surface area contributed by atoms with Crippen molar-refractivity contribution in [2.24, 2.45) is 13.0 Å². The molecule has 1 aromatic heterocycles. The van der Waals surface area contributed by atoms with Crippen LogP contribution in [0.25, 0.3) is 0 Å². The van der Waals surface area contributed by atoms with Crippen LogP contribution in [-0.4, -0.2) is 52.8 Å². The highest BCUT2D eigenvalue weighted by molar-refractivity contribution is 5.96. The number of anilines is 1. The minimum absolute atomic E-state index is 0.0332. The van der Waals surface area contributed by atoms with Gasteiger partial charge in [0.15, 0.2) is 5.69 Å². The highest BCUT2D eigenvalue weighted by Crippen LogP contribution is 2.26. The lowest BCUT2D eigenvalue weighted by molar-refractivity contribution is -0.119. The number of ether oxygens (including phenoxy) is 1. The number of carbonyl (C=O) groups excluding carboxylic acids is 2. The Morgan fingerprint density at radius 3 is 2.64 bits per heavy atom. The Bertz CT molecular complexity index is 557. The molecule has 1 aliphatic carbocycles. The van der Waals surface area contributed by atoms with Gasteiger partial charge in [0.1, 0.15) is 5.82 Å². The summed E-state index contributed by atoms with van der Waals surface area (Å²) in [5.74, 6) is 0.591. The van der Waals surface area contributed by atoms with Gasteiger partial charge in [-0.05, 0) is 12.8 Å². The van der Waals surface area contributed by atoms with Crippen LogP contribution in [0.1, 0.15) is 36.2 Å². The number of aryl methyl sites for hydroxylation is 1. The SMILES string of the molecule is Cn1nc(C(=O)N2CCOCC2)cc1NC(=O)C1CCCC1. The van der Waals surface area contributed by atoms with Gasteiger partial charge in [0.25, 0.3) is 5.91 Å². The van der Waals surface area contributed by atoms with Crippen LogP contribution in [-0.2, 0) is 16.6 Å². The highest BCUT2D eigenvalue weighted by Gasteiger charge is 2.25. The van der Waals surface area contributed by atoms with Crippen molar-refractivity contribution in [3.63, 3.8) is 0 Å². The summed E-state index contributed by atoms with van der Waals surface area (Å²) in [6.07, 6.45) is 4.13. The van der Waals surface area contributed by atoms with Gasteiger partial charge in [-0.3, -0.25) is 14.3 Å². The van der Waals surface area contributed by atoms with E-state index in [1.54, 1.807) is 22.7 Å². The molecule has 0 bridgehead atoms. The third kappa shape index (κ3) is 3.14. The van der Waals surface area contributed by atoms with Gasteiger partial charge in [0, 0.05) is 32.1 Å². The first kappa shape index (κ1) is 15.0. The van der Waals surface area contributed by atoms with E-state index in [9.17, 15) is 9.59 Å². The van der Waals surface area contributed by atoms with Crippen molar-refractivity contribution in [2.75, 3.05) is 31.6 Å². The predicted octanol–water partition coefficient (Wildman–Crippen LogP) is 1.02. The smallest absolute Gasteiger partial charge is 0.274 e. The van der Waals surface area contributed by atoms with Crippen molar-refractivity contribution in [2.45, 2.75) is 25.7 Å². The van der Waals surface area contributed by atoms with Crippen molar-refractivity contribution in [3.05, 3.63) is 11.8 Å². The monoisotopic (exact) mass is 306 g/mol. The van der Waals surface area contributed by atoms with Crippen molar-refractivity contribution >= 4 is 17.6 Å². The maximum Gasteiger partial charge on any atom is 0.274 e. The molecule has 2 amide bonds. The van der Waals surface area contributed by atoms with Crippen molar-refractivity contribution < 1.29 is 14.3 Å². The zero-order valence-corrected chi connectivity index (χ0v) is 12.9. The number of aromatic nitrogens is 2. The molecule has 0 aromatic carbocycles. The molecule has 1 saturated carbocycles. The molecule has 1 aliphatic heterocycles. The van der Waals surface area contributed by atoms with Gasteiger partial charge in [0.2, 0.25) is 5.91 Å². The van der Waals surface area contributed by atoms with Crippen LogP contribution >= 0.6 is 0 Å². The summed E-state index contributed by atoms with van der Waals surface area (Å²) in [5, 5.41) is 7.13. The largest absolute Gasteiger partial charge is 0.378 e. The molecule has 7 nitrogen and oxygen atoms in total. The molecule has 1 aromatic rings. The summed E-state index contributed by atoms with van der Waals surface area (Å²) in [6, 6.07) is 1.66. The minimum Gasteiger partial charge on any atom is -0.378 e. The summed E-state index contributed by atoms with van der Waals surface area (Å²) in [7, 11) is 1.74. The first-order valence-corrected chi connectivity index (χ1v) is 7.87. The van der Waals surface area contributed by atoms with Gasteiger partial charge in [-0.25, -0.2) is 0 Å². The fourth-order valence-electron chi connectivity index (χ4n) is 3.03. The summed E-state index contributed by atoms with van der Waals surface area (Å²) in [4.78, 5) is 26.3. The molecular formula is C15H22N4O3. The lowest BCUT2D eigenvalue weighted by Crippen LogP contribution is -2.40. The molecule has 1 N–H and O–H groups in total. The van der Waals surface area contributed by atoms with Crippen LogP contribution in [0.4, 0.5) is 5.82 Å². The molecule has 0 radical (unpaired) electrons. The van der Waals surface area contributed by atoms with Crippen LogP contribution in [0, 0.1) is 5.92 Å².